The van der Waals surface area contributed by atoms with Crippen molar-refractivity contribution < 1.29 is 27.5 Å². The van der Waals surface area contributed by atoms with Crippen molar-refractivity contribution in [2.75, 3.05) is 57.4 Å². The van der Waals surface area contributed by atoms with E-state index in [1.54, 1.807) is 11.8 Å². The van der Waals surface area contributed by atoms with Crippen LogP contribution in [0, 0.1) is 5.92 Å². The third-order valence-electron chi connectivity index (χ3n) is 7.01. The Hall–Kier alpha value is -3.12. The Morgan fingerprint density at radius 3 is 2.29 bits per heavy atom. The lowest BCUT2D eigenvalue weighted by Gasteiger charge is -2.36. The molecule has 2 aliphatic rings. The smallest absolute Gasteiger partial charge is 0.309 e. The van der Waals surface area contributed by atoms with Gasteiger partial charge in [-0.05, 0) is 45.7 Å². The van der Waals surface area contributed by atoms with Crippen LogP contribution >= 0.6 is 0 Å². The third kappa shape index (κ3) is 5.80. The zero-order valence-corrected chi connectivity index (χ0v) is 23.2. The first-order valence-corrected chi connectivity index (χ1v) is 14.7. The third-order valence-corrected chi connectivity index (χ3v) is 8.85. The van der Waals surface area contributed by atoms with Crippen molar-refractivity contribution in [3.8, 4) is 5.75 Å². The van der Waals surface area contributed by atoms with Gasteiger partial charge in [0.05, 0.1) is 30.4 Å². The van der Waals surface area contributed by atoms with Crippen LogP contribution in [-0.2, 0) is 26.1 Å². The number of carbonyl (C=O) groups is 2. The highest BCUT2D eigenvalue weighted by Gasteiger charge is 2.37. The Kier molecular flexibility index (Phi) is 8.93. The number of ether oxygens (including phenoxy) is 2. The highest BCUT2D eigenvalue weighted by Crippen LogP contribution is 2.30. The van der Waals surface area contributed by atoms with E-state index >= 15 is 0 Å². The van der Waals surface area contributed by atoms with Crippen LogP contribution in [0.5, 0.6) is 5.75 Å². The number of rotatable bonds is 9. The predicted octanol–water partition coefficient (Wildman–Crippen LogP) is 2.23. The second-order valence-corrected chi connectivity index (χ2v) is 11.2. The van der Waals surface area contributed by atoms with Crippen LogP contribution in [0.15, 0.2) is 35.5 Å². The molecule has 0 N–H and O–H groups in total. The summed E-state index contributed by atoms with van der Waals surface area (Å²) in [7, 11) is -4.00. The molecule has 0 unspecified atom stereocenters. The van der Waals surface area contributed by atoms with Crippen molar-refractivity contribution >= 4 is 27.6 Å². The Bertz CT molecular complexity index is 1230. The SMILES string of the molecule is CCOC(=O)C1CCN(C(=O)c2cn(CC)nc2S(=O)(=O)N2CCN(c3ccccc3OCC)CC2)CC1. The van der Waals surface area contributed by atoms with E-state index in [0.29, 0.717) is 58.8 Å². The van der Waals surface area contributed by atoms with Crippen LogP contribution in [0.3, 0.4) is 0 Å². The normalized spacial score (nSPS) is 17.4. The maximum absolute atomic E-state index is 13.7. The zero-order chi connectivity index (χ0) is 27.3. The van der Waals surface area contributed by atoms with Crippen molar-refractivity contribution in [1.82, 2.24) is 19.0 Å². The summed E-state index contributed by atoms with van der Waals surface area (Å²) < 4.78 is 41.2. The molecule has 4 rings (SSSR count). The van der Waals surface area contributed by atoms with Gasteiger partial charge >= 0.3 is 5.97 Å². The number of piperazine rings is 1. The van der Waals surface area contributed by atoms with Gasteiger partial charge in [-0.1, -0.05) is 12.1 Å². The standard InChI is InChI=1S/C26H37N5O6S/c1-4-30-19-21(25(32)29-13-11-20(12-14-29)26(33)37-6-3)24(27-30)38(34,35)31-17-15-28(16-18-31)22-9-7-8-10-23(22)36-5-2/h7-10,19-20H,4-6,11-18H2,1-3H3. The summed E-state index contributed by atoms with van der Waals surface area (Å²) in [5.41, 5.74) is 1.01. The average Bonchev–Trinajstić information content (AvgIpc) is 3.39. The molecule has 2 aromatic rings. The Labute approximate surface area is 224 Å². The lowest BCUT2D eigenvalue weighted by molar-refractivity contribution is -0.149. The van der Waals surface area contributed by atoms with Gasteiger partial charge in [0.1, 0.15) is 5.75 Å². The minimum absolute atomic E-state index is 0.0746. The number of anilines is 1. The number of sulfonamides is 1. The summed E-state index contributed by atoms with van der Waals surface area (Å²) in [5.74, 6) is -0.100. The molecule has 2 aliphatic heterocycles. The molecule has 0 atom stereocenters. The summed E-state index contributed by atoms with van der Waals surface area (Å²) in [4.78, 5) is 29.3. The lowest BCUT2D eigenvalue weighted by atomic mass is 9.96. The minimum Gasteiger partial charge on any atom is -0.492 e. The van der Waals surface area contributed by atoms with Gasteiger partial charge in [-0.2, -0.15) is 9.40 Å². The number of piperidine rings is 1. The van der Waals surface area contributed by atoms with E-state index in [9.17, 15) is 18.0 Å². The molecule has 38 heavy (non-hydrogen) atoms. The lowest BCUT2D eigenvalue weighted by Crippen LogP contribution is -2.49. The van der Waals surface area contributed by atoms with E-state index in [-0.39, 0.29) is 41.5 Å². The van der Waals surface area contributed by atoms with Gasteiger partial charge in [0, 0.05) is 52.0 Å². The van der Waals surface area contributed by atoms with Crippen molar-refractivity contribution in [1.29, 1.82) is 0 Å². The van der Waals surface area contributed by atoms with Gasteiger partial charge in [-0.25, -0.2) is 8.42 Å². The molecule has 0 spiro atoms. The number of amides is 1. The molecule has 2 saturated heterocycles. The molecule has 2 fully saturated rings. The van der Waals surface area contributed by atoms with Crippen LogP contribution in [0.4, 0.5) is 5.69 Å². The summed E-state index contributed by atoms with van der Waals surface area (Å²) in [6, 6.07) is 7.73. The first-order valence-electron chi connectivity index (χ1n) is 13.3. The van der Waals surface area contributed by atoms with Crippen molar-refractivity contribution in [2.45, 2.75) is 45.2 Å². The van der Waals surface area contributed by atoms with E-state index < -0.39 is 10.0 Å². The van der Waals surface area contributed by atoms with Crippen LogP contribution in [0.1, 0.15) is 44.0 Å². The van der Waals surface area contributed by atoms with Crippen molar-refractivity contribution in [3.05, 3.63) is 36.0 Å². The molecular formula is C26H37N5O6S. The first-order chi connectivity index (χ1) is 18.3. The van der Waals surface area contributed by atoms with Crippen LogP contribution in [-0.4, -0.2) is 91.8 Å². The summed E-state index contributed by atoms with van der Waals surface area (Å²) >= 11 is 0. The molecule has 0 radical (unpaired) electrons. The summed E-state index contributed by atoms with van der Waals surface area (Å²) in [6.07, 6.45) is 2.49. The number of aromatic nitrogens is 2. The molecular weight excluding hydrogens is 510 g/mol. The number of carbonyl (C=O) groups excluding carboxylic acids is 2. The number of hydrogen-bond acceptors (Lipinski definition) is 8. The number of benzene rings is 1. The summed E-state index contributed by atoms with van der Waals surface area (Å²) in [6.45, 7) is 9.06. The van der Waals surface area contributed by atoms with E-state index in [0.717, 1.165) is 11.4 Å². The first kappa shape index (κ1) is 27.9. The Balaban J connectivity index is 1.48. The predicted molar refractivity (Wildman–Crippen MR) is 142 cm³/mol. The fourth-order valence-corrected chi connectivity index (χ4v) is 6.45. The highest BCUT2D eigenvalue weighted by atomic mass is 32.2. The highest BCUT2D eigenvalue weighted by molar-refractivity contribution is 7.89. The number of nitrogens with zero attached hydrogens (tertiary/aromatic N) is 5. The average molecular weight is 548 g/mol. The van der Waals surface area contributed by atoms with E-state index in [1.165, 1.54) is 15.2 Å². The molecule has 3 heterocycles. The van der Waals surface area contributed by atoms with Crippen LogP contribution in [0.25, 0.3) is 0 Å². The zero-order valence-electron chi connectivity index (χ0n) is 22.3. The molecule has 11 nitrogen and oxygen atoms in total. The fraction of sp³-hybridized carbons (Fsp3) is 0.577. The molecule has 0 aliphatic carbocycles. The number of likely N-dealkylation sites (tertiary alicyclic amines) is 1. The molecule has 12 heteroatoms. The molecule has 208 valence electrons. The number of hydrogen-bond donors (Lipinski definition) is 0. The van der Waals surface area contributed by atoms with Gasteiger partial charge in [-0.15, -0.1) is 0 Å². The molecule has 1 aromatic carbocycles. The van der Waals surface area contributed by atoms with Gasteiger partial charge in [0.15, 0.2) is 0 Å². The second-order valence-electron chi connectivity index (χ2n) is 9.31. The molecule has 1 aromatic heterocycles. The largest absolute Gasteiger partial charge is 0.492 e. The Morgan fingerprint density at radius 1 is 0.974 bits per heavy atom. The molecule has 1 amide bonds. The topological polar surface area (TPSA) is 114 Å². The van der Waals surface area contributed by atoms with Crippen molar-refractivity contribution in [3.63, 3.8) is 0 Å². The molecule has 0 saturated carbocycles. The maximum Gasteiger partial charge on any atom is 0.309 e. The summed E-state index contributed by atoms with van der Waals surface area (Å²) in [5, 5.41) is 4.10. The quantitative estimate of drug-likeness (QED) is 0.439. The second kappa shape index (κ2) is 12.2. The molecule has 0 bridgehead atoms. The minimum atomic E-state index is -4.00. The van der Waals surface area contributed by atoms with E-state index in [2.05, 4.69) is 10.00 Å². The fourth-order valence-electron chi connectivity index (χ4n) is 4.94. The number of aryl methyl sites for hydroxylation is 1. The van der Waals surface area contributed by atoms with Crippen molar-refractivity contribution in [2.24, 2.45) is 5.92 Å². The van der Waals surface area contributed by atoms with Crippen LogP contribution < -0.4 is 9.64 Å². The Morgan fingerprint density at radius 2 is 1.66 bits per heavy atom. The maximum atomic E-state index is 13.7. The van der Waals surface area contributed by atoms with Gasteiger partial charge in [0.25, 0.3) is 15.9 Å². The van der Waals surface area contributed by atoms with Crippen LogP contribution in [0.2, 0.25) is 0 Å². The van der Waals surface area contributed by atoms with Gasteiger partial charge in [-0.3, -0.25) is 14.3 Å². The van der Waals surface area contributed by atoms with E-state index in [1.807, 2.05) is 38.1 Å². The van der Waals surface area contributed by atoms with E-state index in [4.69, 9.17) is 9.47 Å². The van der Waals surface area contributed by atoms with Gasteiger partial charge in [0.2, 0.25) is 5.03 Å². The number of esters is 1. The van der Waals surface area contributed by atoms with Gasteiger partial charge < -0.3 is 19.3 Å². The monoisotopic (exact) mass is 547 g/mol. The number of para-hydroxylation sites is 2.